The van der Waals surface area contributed by atoms with Gasteiger partial charge in [-0.1, -0.05) is 18.2 Å². The van der Waals surface area contributed by atoms with Gasteiger partial charge in [0.25, 0.3) is 0 Å². The monoisotopic (exact) mass is 221 g/mol. The minimum absolute atomic E-state index is 0.532. The van der Waals surface area contributed by atoms with E-state index < -0.39 is 0 Å². The van der Waals surface area contributed by atoms with Crippen molar-refractivity contribution in [3.8, 4) is 11.1 Å². The molecule has 2 aromatic heterocycles. The lowest BCUT2D eigenvalue weighted by Gasteiger charge is -2.05. The maximum absolute atomic E-state index is 5.86. The Kier molecular flexibility index (Phi) is 2.22. The van der Waals surface area contributed by atoms with Crippen LogP contribution in [0.5, 0.6) is 0 Å². The van der Waals surface area contributed by atoms with Crippen molar-refractivity contribution in [2.45, 2.75) is 0 Å². The third-order valence-corrected chi connectivity index (χ3v) is 2.74. The molecule has 0 saturated carbocycles. The predicted molar refractivity (Wildman–Crippen MR) is 69.4 cm³/mol. The third kappa shape index (κ3) is 1.72. The summed E-state index contributed by atoms with van der Waals surface area (Å²) >= 11 is 0. The van der Waals surface area contributed by atoms with Gasteiger partial charge in [0.05, 0.1) is 5.52 Å². The van der Waals surface area contributed by atoms with Crippen LogP contribution in [0.25, 0.3) is 22.0 Å². The van der Waals surface area contributed by atoms with E-state index in [2.05, 4.69) is 16.0 Å². The second-order valence-electron chi connectivity index (χ2n) is 3.85. The molecule has 0 bridgehead atoms. The number of nitrogen functional groups attached to an aromatic ring is 1. The van der Waals surface area contributed by atoms with E-state index >= 15 is 0 Å². The van der Waals surface area contributed by atoms with E-state index in [1.807, 2.05) is 42.6 Å². The van der Waals surface area contributed by atoms with Crippen molar-refractivity contribution < 1.29 is 0 Å². The zero-order valence-electron chi connectivity index (χ0n) is 9.17. The Morgan fingerprint density at radius 1 is 0.941 bits per heavy atom. The molecule has 2 N–H and O–H groups in total. The largest absolute Gasteiger partial charge is 0.383 e. The number of fused-ring (bicyclic) bond motifs is 1. The molecule has 0 radical (unpaired) electrons. The molecule has 0 aliphatic carbocycles. The summed E-state index contributed by atoms with van der Waals surface area (Å²) < 4.78 is 0. The highest BCUT2D eigenvalue weighted by Gasteiger charge is 2.04. The van der Waals surface area contributed by atoms with Crippen LogP contribution in [-0.2, 0) is 0 Å². The van der Waals surface area contributed by atoms with Crippen LogP contribution >= 0.6 is 0 Å². The fraction of sp³-hybridized carbons (Fsp3) is 0. The van der Waals surface area contributed by atoms with E-state index in [0.717, 1.165) is 22.0 Å². The number of rotatable bonds is 1. The average molecular weight is 221 g/mol. The molecule has 3 heteroatoms. The lowest BCUT2D eigenvalue weighted by molar-refractivity contribution is 1.33. The molecule has 3 nitrogen and oxygen atoms in total. The molecule has 82 valence electrons. The van der Waals surface area contributed by atoms with Crippen LogP contribution in [0, 0.1) is 0 Å². The van der Waals surface area contributed by atoms with Crippen LogP contribution in [0.4, 0.5) is 5.82 Å². The van der Waals surface area contributed by atoms with Crippen molar-refractivity contribution in [1.82, 2.24) is 9.97 Å². The first kappa shape index (κ1) is 9.78. The molecular weight excluding hydrogens is 210 g/mol. The quantitative estimate of drug-likeness (QED) is 0.687. The first-order chi connectivity index (χ1) is 8.34. The molecule has 0 saturated heterocycles. The number of aromatic nitrogens is 2. The van der Waals surface area contributed by atoms with Gasteiger partial charge in [0.2, 0.25) is 0 Å². The van der Waals surface area contributed by atoms with Gasteiger partial charge >= 0.3 is 0 Å². The lowest BCUT2D eigenvalue weighted by atomic mass is 10.1. The number of benzene rings is 1. The van der Waals surface area contributed by atoms with E-state index in [1.54, 1.807) is 6.20 Å². The van der Waals surface area contributed by atoms with Crippen LogP contribution < -0.4 is 5.73 Å². The summed E-state index contributed by atoms with van der Waals surface area (Å²) in [6, 6.07) is 13.9. The standard InChI is InChI=1S/C14H11N3/c15-14-12(5-3-7-16-14)11-8-10-4-1-2-6-13(10)17-9-11/h1-9H,(H2,15,16). The number of hydrogen-bond donors (Lipinski definition) is 1. The summed E-state index contributed by atoms with van der Waals surface area (Å²) in [4.78, 5) is 8.50. The van der Waals surface area contributed by atoms with Crippen LogP contribution in [0.15, 0.2) is 54.9 Å². The molecule has 2 heterocycles. The maximum Gasteiger partial charge on any atom is 0.131 e. The molecule has 0 aliphatic rings. The summed E-state index contributed by atoms with van der Waals surface area (Å²) in [5, 5.41) is 1.10. The van der Waals surface area contributed by atoms with E-state index in [4.69, 9.17) is 5.73 Å². The SMILES string of the molecule is Nc1ncccc1-c1cnc2ccccc2c1. The molecule has 0 unspecified atom stereocenters. The zero-order chi connectivity index (χ0) is 11.7. The Morgan fingerprint density at radius 2 is 1.82 bits per heavy atom. The third-order valence-electron chi connectivity index (χ3n) is 2.74. The van der Waals surface area contributed by atoms with Gasteiger partial charge in [-0.05, 0) is 24.3 Å². The summed E-state index contributed by atoms with van der Waals surface area (Å²) in [5.41, 5.74) is 8.76. The lowest BCUT2D eigenvalue weighted by Crippen LogP contribution is -1.93. The summed E-state index contributed by atoms with van der Waals surface area (Å²) in [7, 11) is 0. The van der Waals surface area contributed by atoms with Crippen LogP contribution in [0.1, 0.15) is 0 Å². The molecule has 0 spiro atoms. The minimum atomic E-state index is 0.532. The maximum atomic E-state index is 5.86. The van der Waals surface area contributed by atoms with E-state index in [0.29, 0.717) is 5.82 Å². The Balaban J connectivity index is 2.22. The van der Waals surface area contributed by atoms with Crippen molar-refractivity contribution in [1.29, 1.82) is 0 Å². The van der Waals surface area contributed by atoms with Crippen molar-refractivity contribution in [2.75, 3.05) is 5.73 Å². The van der Waals surface area contributed by atoms with Gasteiger partial charge < -0.3 is 5.73 Å². The normalized spacial score (nSPS) is 10.6. The molecule has 17 heavy (non-hydrogen) atoms. The number of hydrogen-bond acceptors (Lipinski definition) is 3. The number of para-hydroxylation sites is 1. The Labute approximate surface area is 98.9 Å². The summed E-state index contributed by atoms with van der Waals surface area (Å²) in [5.74, 6) is 0.532. The highest BCUT2D eigenvalue weighted by atomic mass is 14.8. The Hall–Kier alpha value is -2.42. The van der Waals surface area contributed by atoms with Gasteiger partial charge in [-0.2, -0.15) is 0 Å². The summed E-state index contributed by atoms with van der Waals surface area (Å²) in [6.45, 7) is 0. The van der Waals surface area contributed by atoms with Gasteiger partial charge in [-0.15, -0.1) is 0 Å². The number of anilines is 1. The van der Waals surface area contributed by atoms with Gasteiger partial charge in [0.1, 0.15) is 5.82 Å². The molecule has 3 aromatic rings. The smallest absolute Gasteiger partial charge is 0.131 e. The fourth-order valence-electron chi connectivity index (χ4n) is 1.88. The first-order valence-electron chi connectivity index (χ1n) is 5.40. The Bertz CT molecular complexity index is 677. The van der Waals surface area contributed by atoms with Crippen molar-refractivity contribution in [3.05, 3.63) is 54.9 Å². The van der Waals surface area contributed by atoms with E-state index in [1.165, 1.54) is 0 Å². The number of nitrogens with zero attached hydrogens (tertiary/aromatic N) is 2. The topological polar surface area (TPSA) is 51.8 Å². The molecule has 0 amide bonds. The molecule has 3 rings (SSSR count). The van der Waals surface area contributed by atoms with Gasteiger partial charge in [0, 0.05) is 28.9 Å². The highest BCUT2D eigenvalue weighted by molar-refractivity contribution is 5.85. The highest BCUT2D eigenvalue weighted by Crippen LogP contribution is 2.25. The van der Waals surface area contributed by atoms with Crippen molar-refractivity contribution in [2.24, 2.45) is 0 Å². The van der Waals surface area contributed by atoms with E-state index in [9.17, 15) is 0 Å². The molecule has 0 atom stereocenters. The summed E-state index contributed by atoms with van der Waals surface area (Å²) in [6.07, 6.45) is 3.52. The van der Waals surface area contributed by atoms with Crippen LogP contribution in [0.3, 0.4) is 0 Å². The molecular formula is C14H11N3. The van der Waals surface area contributed by atoms with Crippen molar-refractivity contribution in [3.63, 3.8) is 0 Å². The van der Waals surface area contributed by atoms with Crippen molar-refractivity contribution >= 4 is 16.7 Å². The van der Waals surface area contributed by atoms with Gasteiger partial charge in [-0.25, -0.2) is 4.98 Å². The van der Waals surface area contributed by atoms with Crippen LogP contribution in [0.2, 0.25) is 0 Å². The number of nitrogens with two attached hydrogens (primary N) is 1. The zero-order valence-corrected chi connectivity index (χ0v) is 9.17. The van der Waals surface area contributed by atoms with Crippen LogP contribution in [-0.4, -0.2) is 9.97 Å². The Morgan fingerprint density at radius 3 is 2.71 bits per heavy atom. The minimum Gasteiger partial charge on any atom is -0.383 e. The van der Waals surface area contributed by atoms with E-state index in [-0.39, 0.29) is 0 Å². The van der Waals surface area contributed by atoms with Gasteiger partial charge in [0.15, 0.2) is 0 Å². The molecule has 1 aromatic carbocycles. The molecule has 0 fully saturated rings. The fourth-order valence-corrected chi connectivity index (χ4v) is 1.88. The second kappa shape index (κ2) is 3.87. The number of pyridine rings is 2. The van der Waals surface area contributed by atoms with Gasteiger partial charge in [-0.3, -0.25) is 4.98 Å². The predicted octanol–water partition coefficient (Wildman–Crippen LogP) is 2.88. The average Bonchev–Trinajstić information content (AvgIpc) is 2.39. The first-order valence-corrected chi connectivity index (χ1v) is 5.40. The molecule has 0 aliphatic heterocycles. The second-order valence-corrected chi connectivity index (χ2v) is 3.85.